The molecule has 0 aliphatic carbocycles. The molecule has 0 atom stereocenters. The van der Waals surface area contributed by atoms with Gasteiger partial charge in [0.2, 0.25) is 5.82 Å². The summed E-state index contributed by atoms with van der Waals surface area (Å²) >= 11 is 12.5. The average Bonchev–Trinajstić information content (AvgIpc) is 2.58. The summed E-state index contributed by atoms with van der Waals surface area (Å²) in [6.45, 7) is 0. The Morgan fingerprint density at radius 1 is 1.25 bits per heavy atom. The van der Waals surface area contributed by atoms with E-state index in [4.69, 9.17) is 0 Å². The summed E-state index contributed by atoms with van der Waals surface area (Å²) in [4.78, 5) is 12.0. The van der Waals surface area contributed by atoms with Gasteiger partial charge in [0, 0.05) is 10.7 Å². The number of pyridine rings is 1. The minimum absolute atomic E-state index is 0.380. The molecule has 2 aromatic heterocycles. The van der Waals surface area contributed by atoms with Crippen molar-refractivity contribution < 1.29 is 0 Å². The number of aliphatic imine (C=N–C) groups is 2. The van der Waals surface area contributed by atoms with Crippen molar-refractivity contribution in [2.75, 3.05) is 0 Å². The molecule has 16 heavy (non-hydrogen) atoms. The molecule has 4 nitrogen and oxygen atoms in total. The van der Waals surface area contributed by atoms with Crippen LogP contribution in [0.1, 0.15) is 0 Å². The van der Waals surface area contributed by atoms with Crippen molar-refractivity contribution in [3.05, 3.63) is 22.8 Å². The number of thiocarbonyl (C=S) groups is 2. The van der Waals surface area contributed by atoms with Gasteiger partial charge in [0.05, 0.1) is 10.3 Å². The van der Waals surface area contributed by atoms with Crippen molar-refractivity contribution >= 4 is 68.0 Å². The molecule has 0 amide bonds. The summed E-state index contributed by atoms with van der Waals surface area (Å²) in [7, 11) is 0. The van der Waals surface area contributed by atoms with Gasteiger partial charge >= 0.3 is 0 Å². The van der Waals surface area contributed by atoms with Gasteiger partial charge in [-0.15, -0.1) is 0 Å². The number of isothiocyanates is 2. The molecule has 2 heterocycles. The number of rotatable bonds is 2. The Labute approximate surface area is 110 Å². The monoisotopic (exact) mass is 310 g/mol. The maximum Gasteiger partial charge on any atom is 0.209 e. The van der Waals surface area contributed by atoms with Crippen LogP contribution in [-0.4, -0.2) is 19.7 Å². The number of hydrogen-bond acceptors (Lipinski definition) is 5. The summed E-state index contributed by atoms with van der Waals surface area (Å²) in [6, 6.07) is 3.70. The van der Waals surface area contributed by atoms with E-state index < -0.39 is 0 Å². The predicted octanol–water partition coefficient (Wildman–Crippen LogP) is 3.57. The number of fused-ring (bicyclic) bond motifs is 1. The molecule has 0 aromatic carbocycles. The van der Waals surface area contributed by atoms with Crippen LogP contribution in [0.2, 0.25) is 0 Å². The first-order valence-electron chi connectivity index (χ1n) is 4.09. The van der Waals surface area contributed by atoms with Crippen LogP contribution in [0.4, 0.5) is 11.6 Å². The second kappa shape index (κ2) is 4.74. The van der Waals surface area contributed by atoms with Gasteiger partial charge in [-0.25, -0.2) is 4.98 Å². The predicted molar refractivity (Wildman–Crippen MR) is 72.3 cm³/mol. The van der Waals surface area contributed by atoms with Crippen LogP contribution in [0.5, 0.6) is 0 Å². The van der Waals surface area contributed by atoms with E-state index in [0.29, 0.717) is 17.3 Å². The molecule has 2 rings (SSSR count). The van der Waals surface area contributed by atoms with Crippen molar-refractivity contribution in [1.29, 1.82) is 0 Å². The van der Waals surface area contributed by atoms with Gasteiger partial charge in [-0.05, 0) is 52.5 Å². The normalized spacial score (nSPS) is 9.56. The van der Waals surface area contributed by atoms with Gasteiger partial charge in [0.25, 0.3) is 0 Å². The second-order valence-electron chi connectivity index (χ2n) is 2.74. The highest BCUT2D eigenvalue weighted by atomic mass is 79.9. The number of hydrogen-bond donors (Lipinski definition) is 0. The zero-order valence-corrected chi connectivity index (χ0v) is 10.9. The molecular formula is C9H3BrN4S2. The van der Waals surface area contributed by atoms with Gasteiger partial charge in [-0.3, -0.25) is 4.40 Å². The van der Waals surface area contributed by atoms with Crippen LogP contribution in [0.25, 0.3) is 5.65 Å². The number of halogens is 1. The Bertz CT molecular complexity index is 651. The smallest absolute Gasteiger partial charge is 0.209 e. The van der Waals surface area contributed by atoms with E-state index in [1.165, 1.54) is 0 Å². The lowest BCUT2D eigenvalue weighted by Crippen LogP contribution is -1.82. The third kappa shape index (κ3) is 2.00. The lowest BCUT2D eigenvalue weighted by Gasteiger charge is -1.95. The minimum Gasteiger partial charge on any atom is -0.281 e. The molecule has 0 aliphatic heterocycles. The van der Waals surface area contributed by atoms with Gasteiger partial charge in [-0.2, -0.15) is 9.98 Å². The van der Waals surface area contributed by atoms with E-state index in [9.17, 15) is 0 Å². The molecular weight excluding hydrogens is 308 g/mol. The average molecular weight is 311 g/mol. The molecule has 0 N–H and O–H groups in total. The first kappa shape index (κ1) is 11.3. The first-order chi connectivity index (χ1) is 7.76. The highest BCUT2D eigenvalue weighted by Crippen LogP contribution is 2.29. The molecule has 7 heteroatoms. The fraction of sp³-hybridized carbons (Fsp3) is 0. The summed E-state index contributed by atoms with van der Waals surface area (Å²) in [5.41, 5.74) is 0.705. The Balaban J connectivity index is 2.86. The number of imidazole rings is 1. The van der Waals surface area contributed by atoms with Crippen LogP contribution < -0.4 is 0 Å². The Morgan fingerprint density at radius 3 is 2.69 bits per heavy atom. The fourth-order valence-electron chi connectivity index (χ4n) is 1.26. The van der Waals surface area contributed by atoms with Crippen molar-refractivity contribution in [2.24, 2.45) is 9.98 Å². The Hall–Kier alpha value is -1.23. The van der Waals surface area contributed by atoms with E-state index in [2.05, 4.69) is 65.7 Å². The summed E-state index contributed by atoms with van der Waals surface area (Å²) in [5.74, 6) is 0.870. The lowest BCUT2D eigenvalue weighted by molar-refractivity contribution is 1.16. The lowest BCUT2D eigenvalue weighted by atomic mass is 10.5. The summed E-state index contributed by atoms with van der Waals surface area (Å²) in [6.07, 6.45) is 1.82. The van der Waals surface area contributed by atoms with Crippen LogP contribution in [-0.2, 0) is 0 Å². The maximum absolute atomic E-state index is 4.58. The Morgan fingerprint density at radius 2 is 2.00 bits per heavy atom. The SMILES string of the molecule is S=C=Nc1nc2ccc(Br)cn2c1N=C=S. The highest BCUT2D eigenvalue weighted by Gasteiger charge is 2.10. The van der Waals surface area contributed by atoms with Crippen LogP contribution >= 0.6 is 40.4 Å². The zero-order chi connectivity index (χ0) is 11.5. The zero-order valence-electron chi connectivity index (χ0n) is 7.72. The molecule has 0 fully saturated rings. The largest absolute Gasteiger partial charge is 0.281 e. The second-order valence-corrected chi connectivity index (χ2v) is 4.02. The van der Waals surface area contributed by atoms with E-state index in [1.54, 1.807) is 4.40 Å². The van der Waals surface area contributed by atoms with Gasteiger partial charge in [-0.1, -0.05) is 0 Å². The van der Waals surface area contributed by atoms with E-state index in [1.807, 2.05) is 18.3 Å². The standard InChI is InChI=1S/C9H3BrN4S2/c10-6-1-2-7-13-8(11-4-15)9(12-5-16)14(7)3-6/h1-3H. The number of nitrogens with zero attached hydrogens (tertiary/aromatic N) is 4. The third-order valence-electron chi connectivity index (χ3n) is 1.84. The quantitative estimate of drug-likeness (QED) is 0.629. The first-order valence-corrected chi connectivity index (χ1v) is 5.70. The van der Waals surface area contributed by atoms with E-state index >= 15 is 0 Å². The van der Waals surface area contributed by atoms with Crippen LogP contribution in [0, 0.1) is 0 Å². The maximum atomic E-state index is 4.58. The minimum atomic E-state index is 0.380. The van der Waals surface area contributed by atoms with Gasteiger partial charge in [0.1, 0.15) is 5.65 Å². The van der Waals surface area contributed by atoms with Crippen molar-refractivity contribution in [1.82, 2.24) is 9.38 Å². The molecule has 0 saturated carbocycles. The van der Waals surface area contributed by atoms with Crippen molar-refractivity contribution in [2.45, 2.75) is 0 Å². The van der Waals surface area contributed by atoms with Gasteiger partial charge in [0.15, 0.2) is 5.82 Å². The molecule has 0 bridgehead atoms. The van der Waals surface area contributed by atoms with Crippen LogP contribution in [0.15, 0.2) is 32.8 Å². The third-order valence-corrected chi connectivity index (χ3v) is 2.49. The molecule has 0 unspecified atom stereocenters. The van der Waals surface area contributed by atoms with Crippen molar-refractivity contribution in [3.63, 3.8) is 0 Å². The van der Waals surface area contributed by atoms with E-state index in [-0.39, 0.29) is 0 Å². The fourth-order valence-corrected chi connectivity index (χ4v) is 1.77. The molecule has 0 saturated heterocycles. The molecule has 0 spiro atoms. The van der Waals surface area contributed by atoms with Crippen molar-refractivity contribution in [3.8, 4) is 0 Å². The molecule has 0 radical (unpaired) electrons. The molecule has 78 valence electrons. The van der Waals surface area contributed by atoms with Crippen LogP contribution in [0.3, 0.4) is 0 Å². The topological polar surface area (TPSA) is 42.0 Å². The molecule has 0 aliphatic rings. The summed E-state index contributed by atoms with van der Waals surface area (Å²) in [5, 5.41) is 4.55. The summed E-state index contributed by atoms with van der Waals surface area (Å²) < 4.78 is 2.64. The Kier molecular flexibility index (Phi) is 3.33. The van der Waals surface area contributed by atoms with E-state index in [0.717, 1.165) is 4.47 Å². The number of aromatic nitrogens is 2. The van der Waals surface area contributed by atoms with Gasteiger partial charge < -0.3 is 0 Å². The highest BCUT2D eigenvalue weighted by molar-refractivity contribution is 9.10. The molecule has 2 aromatic rings.